The molecule has 4 nitrogen and oxygen atoms in total. The zero-order chi connectivity index (χ0) is 41.7. The number of rotatable bonds is 6. The average Bonchev–Trinajstić information content (AvgIpc) is 3.76. The highest BCUT2D eigenvalue weighted by molar-refractivity contribution is 6.96. The molecule has 2 aliphatic carbocycles. The van der Waals surface area contributed by atoms with Gasteiger partial charge >= 0.3 is 0 Å². The summed E-state index contributed by atoms with van der Waals surface area (Å²) in [7, 11) is 0. The van der Waals surface area contributed by atoms with Crippen molar-refractivity contribution in [3.05, 3.63) is 201 Å². The van der Waals surface area contributed by atoms with Crippen molar-refractivity contribution >= 4 is 57.3 Å². The quantitative estimate of drug-likeness (QED) is 0.129. The Morgan fingerprint density at radius 3 is 0.933 bits per heavy atom. The summed E-state index contributed by atoms with van der Waals surface area (Å²) >= 11 is 0. The number of hydrogen-bond acceptors (Lipinski definition) is 4. The Kier molecular flexibility index (Phi) is 9.50. The van der Waals surface area contributed by atoms with E-state index < -0.39 is 0 Å². The molecule has 6 heteroatoms. The van der Waals surface area contributed by atoms with Crippen LogP contribution in [0.2, 0.25) is 0 Å². The average molecular weight is 763 g/mol. The molecule has 0 bridgehead atoms. The fourth-order valence-electron chi connectivity index (χ4n) is 10.1. The Morgan fingerprint density at radius 2 is 0.650 bits per heavy atom. The molecule has 60 heavy (non-hydrogen) atoms. The molecule has 0 aliphatic heterocycles. The van der Waals surface area contributed by atoms with Crippen molar-refractivity contribution < 1.29 is 0 Å². The Morgan fingerprint density at radius 1 is 0.367 bits per heavy atom. The summed E-state index contributed by atoms with van der Waals surface area (Å²) in [5, 5.41) is 41.9. The van der Waals surface area contributed by atoms with Crippen LogP contribution in [0.1, 0.15) is 44.5 Å². The number of allylic oxidation sites excluding steroid dienone is 2. The Bertz CT molecular complexity index is 2830. The second kappa shape index (κ2) is 15.1. The van der Waals surface area contributed by atoms with Gasteiger partial charge in [0.1, 0.15) is 35.4 Å². The first-order valence-electron chi connectivity index (χ1n) is 20.1. The van der Waals surface area contributed by atoms with E-state index in [4.69, 9.17) is 0 Å². The predicted octanol–water partition coefficient (Wildman–Crippen LogP) is 7.61. The number of fused-ring (bicyclic) bond motifs is 6. The summed E-state index contributed by atoms with van der Waals surface area (Å²) in [6.07, 6.45) is 0. The van der Waals surface area contributed by atoms with Gasteiger partial charge in [-0.05, 0) is 95.5 Å². The van der Waals surface area contributed by atoms with Crippen LogP contribution in [0.4, 0.5) is 0 Å². The molecule has 278 valence electrons. The van der Waals surface area contributed by atoms with E-state index in [1.165, 1.54) is 32.8 Å². The van der Waals surface area contributed by atoms with Gasteiger partial charge in [0.15, 0.2) is 0 Å². The third-order valence-corrected chi connectivity index (χ3v) is 12.5. The molecule has 0 amide bonds. The Hall–Kier alpha value is -7.89. The normalized spacial score (nSPS) is 11.5. The van der Waals surface area contributed by atoms with Crippen LogP contribution in [0.25, 0.3) is 33.4 Å². The molecule has 0 unspecified atom stereocenters. The van der Waals surface area contributed by atoms with Gasteiger partial charge in [-0.3, -0.25) is 0 Å². The highest BCUT2D eigenvalue weighted by atomic mass is 14.4. The van der Waals surface area contributed by atoms with Crippen LogP contribution < -0.4 is 32.8 Å². The van der Waals surface area contributed by atoms with Crippen LogP contribution in [0.5, 0.6) is 0 Å². The fraction of sp³-hybridized carbons (Fsp3) is 0.0741. The lowest BCUT2D eigenvalue weighted by Crippen LogP contribution is -2.54. The summed E-state index contributed by atoms with van der Waals surface area (Å²) in [4.78, 5) is 0. The SMILES string of the molecule is Cc1cc2c(c(C)c1B(c1ccccc1)c1ccccc1)-c1cc3c(cc1C2=C(C#N)C#N)C(=C(C#N)C#N)c1cc(C)c(B(c2ccccc2)c2ccccc2)c(C)c1-3. The van der Waals surface area contributed by atoms with Crippen LogP contribution in [0.15, 0.2) is 157 Å². The van der Waals surface area contributed by atoms with Gasteiger partial charge in [0.2, 0.25) is 13.4 Å². The smallest absolute Gasteiger partial charge is 0.192 e. The molecular weight excluding hydrogens is 726 g/mol. The minimum absolute atomic E-state index is 0.0221. The minimum atomic E-state index is -0.0697. The molecule has 0 saturated carbocycles. The molecule has 9 rings (SSSR count). The molecular formula is C54H36B2N4. The van der Waals surface area contributed by atoms with Crippen molar-refractivity contribution in [1.29, 1.82) is 21.0 Å². The maximum atomic E-state index is 10.5. The van der Waals surface area contributed by atoms with Gasteiger partial charge in [0, 0.05) is 11.1 Å². The van der Waals surface area contributed by atoms with E-state index in [1.54, 1.807) is 0 Å². The van der Waals surface area contributed by atoms with E-state index in [2.05, 4.69) is 167 Å². The number of benzene rings is 7. The van der Waals surface area contributed by atoms with Crippen molar-refractivity contribution in [2.24, 2.45) is 0 Å². The third kappa shape index (κ3) is 5.82. The van der Waals surface area contributed by atoms with Gasteiger partial charge in [-0.2, -0.15) is 21.0 Å². The molecule has 0 atom stereocenters. The van der Waals surface area contributed by atoms with Crippen LogP contribution >= 0.6 is 0 Å². The van der Waals surface area contributed by atoms with Gasteiger partial charge < -0.3 is 0 Å². The predicted molar refractivity (Wildman–Crippen MR) is 246 cm³/mol. The van der Waals surface area contributed by atoms with E-state index in [9.17, 15) is 21.0 Å². The zero-order valence-corrected chi connectivity index (χ0v) is 33.8. The molecule has 0 aromatic heterocycles. The van der Waals surface area contributed by atoms with Crippen molar-refractivity contribution in [2.75, 3.05) is 0 Å². The molecule has 0 N–H and O–H groups in total. The molecule has 0 saturated heterocycles. The lowest BCUT2D eigenvalue weighted by molar-refractivity contribution is 1.41. The van der Waals surface area contributed by atoms with Gasteiger partial charge in [-0.25, -0.2) is 0 Å². The molecule has 0 heterocycles. The molecule has 0 fully saturated rings. The maximum absolute atomic E-state index is 10.5. The van der Waals surface area contributed by atoms with Gasteiger partial charge in [0.05, 0.1) is 0 Å². The van der Waals surface area contributed by atoms with Crippen molar-refractivity contribution in [3.8, 4) is 46.5 Å². The van der Waals surface area contributed by atoms with E-state index in [1.807, 2.05) is 30.3 Å². The van der Waals surface area contributed by atoms with Crippen molar-refractivity contribution in [1.82, 2.24) is 0 Å². The largest absolute Gasteiger partial charge is 0.241 e. The first-order chi connectivity index (χ1) is 29.3. The van der Waals surface area contributed by atoms with Gasteiger partial charge in [0.25, 0.3) is 0 Å². The summed E-state index contributed by atoms with van der Waals surface area (Å²) in [6, 6.07) is 59.5. The van der Waals surface area contributed by atoms with Crippen LogP contribution in [0, 0.1) is 73.0 Å². The Labute approximate surface area is 352 Å². The Balaban J connectivity index is 1.38. The highest BCUT2D eigenvalue weighted by Gasteiger charge is 2.38. The van der Waals surface area contributed by atoms with Gasteiger partial charge in [-0.1, -0.05) is 177 Å². The standard InChI is InChI=1S/C54H36B2N4/c1-33-25-47-49(35(3)53(33)55(39-17-9-5-10-18-39)40-19-11-6-12-20-40)43-27-44-46(28-45(43)51(47)37(29-57)30-58)52(38(31-59)32-60)48-26-34(2)54(36(4)50(44)48)56(41-21-13-7-14-22-41)42-23-15-8-16-24-42/h5-28H,1-4H3. The maximum Gasteiger partial charge on any atom is 0.241 e. The first-order valence-corrected chi connectivity index (χ1v) is 20.1. The summed E-state index contributed by atoms with van der Waals surface area (Å²) in [5.74, 6) is 0. The number of aryl methyl sites for hydroxylation is 2. The fourth-order valence-corrected chi connectivity index (χ4v) is 10.1. The second-order valence-electron chi connectivity index (χ2n) is 15.7. The van der Waals surface area contributed by atoms with Crippen LogP contribution in [-0.4, -0.2) is 13.4 Å². The van der Waals surface area contributed by atoms with Crippen LogP contribution in [0.3, 0.4) is 0 Å². The minimum Gasteiger partial charge on any atom is -0.192 e. The number of nitrogens with zero attached hydrogens (tertiary/aromatic N) is 4. The summed E-state index contributed by atoms with van der Waals surface area (Å²) in [5.41, 5.74) is 19.5. The van der Waals surface area contributed by atoms with Crippen LogP contribution in [-0.2, 0) is 0 Å². The van der Waals surface area contributed by atoms with E-state index in [-0.39, 0.29) is 24.6 Å². The number of hydrogen-bond donors (Lipinski definition) is 0. The molecule has 7 aromatic carbocycles. The zero-order valence-electron chi connectivity index (χ0n) is 33.8. The molecule has 0 spiro atoms. The topological polar surface area (TPSA) is 95.2 Å². The van der Waals surface area contributed by atoms with Gasteiger partial charge in [-0.15, -0.1) is 0 Å². The first kappa shape index (κ1) is 37.7. The second-order valence-corrected chi connectivity index (χ2v) is 15.7. The molecule has 0 radical (unpaired) electrons. The summed E-state index contributed by atoms with van der Waals surface area (Å²) < 4.78 is 0. The molecule has 7 aromatic rings. The highest BCUT2D eigenvalue weighted by Crippen LogP contribution is 2.54. The number of nitriles is 4. The van der Waals surface area contributed by atoms with Crippen molar-refractivity contribution in [2.45, 2.75) is 27.7 Å². The lowest BCUT2D eigenvalue weighted by Gasteiger charge is -2.23. The third-order valence-electron chi connectivity index (χ3n) is 12.5. The monoisotopic (exact) mass is 762 g/mol. The van der Waals surface area contributed by atoms with E-state index >= 15 is 0 Å². The molecule has 2 aliphatic rings. The lowest BCUT2D eigenvalue weighted by atomic mass is 9.35. The van der Waals surface area contributed by atoms with E-state index in [0.717, 1.165) is 66.8 Å². The summed E-state index contributed by atoms with van der Waals surface area (Å²) in [6.45, 7) is 8.43. The van der Waals surface area contributed by atoms with E-state index in [0.29, 0.717) is 11.1 Å². The van der Waals surface area contributed by atoms with Crippen molar-refractivity contribution in [3.63, 3.8) is 0 Å².